The van der Waals surface area contributed by atoms with Gasteiger partial charge in [0.2, 0.25) is 0 Å². The monoisotopic (exact) mass is 226 g/mol. The second kappa shape index (κ2) is 7.89. The van der Waals surface area contributed by atoms with Gasteiger partial charge in [0.1, 0.15) is 0 Å². The van der Waals surface area contributed by atoms with Crippen LogP contribution in [0.2, 0.25) is 0 Å². The summed E-state index contributed by atoms with van der Waals surface area (Å²) in [6.07, 6.45) is 5.68. The first-order valence-electron chi connectivity index (χ1n) is 5.95. The molecule has 1 saturated heterocycles. The minimum absolute atomic E-state index is 0.568. The van der Waals surface area contributed by atoms with Crippen LogP contribution in [0, 0.1) is 5.92 Å². The summed E-state index contributed by atoms with van der Waals surface area (Å²) < 4.78 is 5.56. The van der Waals surface area contributed by atoms with Crippen molar-refractivity contribution in [1.29, 1.82) is 0 Å². The quantitative estimate of drug-likeness (QED) is 0.728. The number of rotatable bonds is 2. The summed E-state index contributed by atoms with van der Waals surface area (Å²) >= 11 is 1.71. The summed E-state index contributed by atoms with van der Waals surface area (Å²) in [4.78, 5) is 0. The molecule has 0 bridgehead atoms. The van der Waals surface area contributed by atoms with Crippen molar-refractivity contribution < 1.29 is 4.74 Å². The van der Waals surface area contributed by atoms with Gasteiger partial charge in [-0.15, -0.1) is 0 Å². The molecule has 1 aromatic heterocycles. The minimum Gasteiger partial charge on any atom is -0.378 e. The van der Waals surface area contributed by atoms with Crippen molar-refractivity contribution in [2.45, 2.75) is 45.6 Å². The molecule has 1 aliphatic rings. The van der Waals surface area contributed by atoms with Gasteiger partial charge in [-0.2, -0.15) is 11.3 Å². The van der Waals surface area contributed by atoms with Crippen LogP contribution in [0.3, 0.4) is 0 Å². The van der Waals surface area contributed by atoms with Crippen LogP contribution in [0.5, 0.6) is 0 Å². The van der Waals surface area contributed by atoms with Crippen LogP contribution in [0.25, 0.3) is 0 Å². The highest BCUT2D eigenvalue weighted by molar-refractivity contribution is 7.07. The smallest absolute Gasteiger partial charge is 0.0575 e. The Morgan fingerprint density at radius 2 is 1.93 bits per heavy atom. The Hall–Kier alpha value is -0.340. The van der Waals surface area contributed by atoms with Crippen molar-refractivity contribution in [3.63, 3.8) is 0 Å². The van der Waals surface area contributed by atoms with Gasteiger partial charge in [0.25, 0.3) is 0 Å². The van der Waals surface area contributed by atoms with Gasteiger partial charge in [0, 0.05) is 6.61 Å². The lowest BCUT2D eigenvalue weighted by Crippen LogP contribution is -2.24. The number of hydrogen-bond acceptors (Lipinski definition) is 2. The molecule has 1 nitrogen and oxygen atoms in total. The summed E-state index contributed by atoms with van der Waals surface area (Å²) in [6.45, 7) is 5.49. The summed E-state index contributed by atoms with van der Waals surface area (Å²) in [5.74, 6) is 0.943. The van der Waals surface area contributed by atoms with Crippen LogP contribution in [0.4, 0.5) is 0 Å². The van der Waals surface area contributed by atoms with E-state index in [4.69, 9.17) is 4.74 Å². The molecule has 0 aliphatic carbocycles. The van der Waals surface area contributed by atoms with E-state index in [1.165, 1.54) is 25.7 Å². The van der Waals surface area contributed by atoms with Gasteiger partial charge < -0.3 is 4.74 Å². The van der Waals surface area contributed by atoms with Crippen LogP contribution >= 0.6 is 11.3 Å². The lowest BCUT2D eigenvalue weighted by atomic mass is 9.92. The molecular weight excluding hydrogens is 204 g/mol. The molecule has 0 aromatic carbocycles. The highest BCUT2D eigenvalue weighted by atomic mass is 32.1. The number of thiophene rings is 1. The van der Waals surface area contributed by atoms with Crippen molar-refractivity contribution in [2.75, 3.05) is 6.61 Å². The Balaban J connectivity index is 0.000000187. The first kappa shape index (κ1) is 12.7. The lowest BCUT2D eigenvalue weighted by molar-refractivity contribution is -0.0110. The van der Waals surface area contributed by atoms with Crippen LogP contribution in [0.15, 0.2) is 22.9 Å². The standard InChI is InChI=1S/C9H18O.C4H4S/c1-3-8-5-6-10-9(4-2)7-8;1-2-4-5-3-1/h8-9H,3-7H2,1-2H3;1-4H. The largest absolute Gasteiger partial charge is 0.378 e. The average Bonchev–Trinajstić information content (AvgIpc) is 2.88. The molecule has 2 heterocycles. The van der Waals surface area contributed by atoms with Crippen molar-refractivity contribution in [1.82, 2.24) is 0 Å². The fourth-order valence-electron chi connectivity index (χ4n) is 1.84. The SMILES string of the molecule is CCC1CCOC(CC)C1.c1ccsc1. The highest BCUT2D eigenvalue weighted by Gasteiger charge is 2.19. The third kappa shape index (κ3) is 5.33. The van der Waals surface area contributed by atoms with E-state index in [0.717, 1.165) is 12.5 Å². The van der Waals surface area contributed by atoms with Crippen molar-refractivity contribution in [3.8, 4) is 0 Å². The molecule has 2 rings (SSSR count). The Bertz CT molecular complexity index is 193. The van der Waals surface area contributed by atoms with Gasteiger partial charge in [-0.3, -0.25) is 0 Å². The van der Waals surface area contributed by atoms with E-state index in [1.807, 2.05) is 22.9 Å². The molecule has 86 valence electrons. The molecule has 2 heteroatoms. The Kier molecular flexibility index (Phi) is 6.69. The molecule has 0 saturated carbocycles. The zero-order valence-electron chi connectivity index (χ0n) is 9.82. The van der Waals surface area contributed by atoms with E-state index < -0.39 is 0 Å². The maximum atomic E-state index is 5.56. The van der Waals surface area contributed by atoms with Gasteiger partial charge in [-0.25, -0.2) is 0 Å². The molecule has 0 N–H and O–H groups in total. The first-order chi connectivity index (χ1) is 7.36. The normalized spacial score (nSPS) is 25.5. The Morgan fingerprint density at radius 1 is 1.20 bits per heavy atom. The molecule has 15 heavy (non-hydrogen) atoms. The minimum atomic E-state index is 0.568. The topological polar surface area (TPSA) is 9.23 Å². The van der Waals surface area contributed by atoms with E-state index >= 15 is 0 Å². The van der Waals surface area contributed by atoms with E-state index in [2.05, 4.69) is 13.8 Å². The first-order valence-corrected chi connectivity index (χ1v) is 6.89. The van der Waals surface area contributed by atoms with Crippen molar-refractivity contribution >= 4 is 11.3 Å². The molecule has 0 spiro atoms. The van der Waals surface area contributed by atoms with Gasteiger partial charge in [0.15, 0.2) is 0 Å². The molecule has 0 radical (unpaired) electrons. The third-order valence-electron chi connectivity index (χ3n) is 2.93. The molecule has 0 amide bonds. The van der Waals surface area contributed by atoms with Gasteiger partial charge in [0.05, 0.1) is 6.10 Å². The van der Waals surface area contributed by atoms with Crippen LogP contribution in [0.1, 0.15) is 39.5 Å². The number of ether oxygens (including phenoxy) is 1. The summed E-state index contributed by atoms with van der Waals surface area (Å²) in [5.41, 5.74) is 0. The highest BCUT2D eigenvalue weighted by Crippen LogP contribution is 2.23. The predicted molar refractivity (Wildman–Crippen MR) is 67.4 cm³/mol. The maximum Gasteiger partial charge on any atom is 0.0575 e. The van der Waals surface area contributed by atoms with Crippen molar-refractivity contribution in [3.05, 3.63) is 22.9 Å². The Morgan fingerprint density at radius 3 is 2.40 bits per heavy atom. The summed E-state index contributed by atoms with van der Waals surface area (Å²) in [6, 6.07) is 4.04. The number of hydrogen-bond donors (Lipinski definition) is 0. The van der Waals surface area contributed by atoms with Gasteiger partial charge in [-0.1, -0.05) is 32.4 Å². The molecule has 1 fully saturated rings. The zero-order chi connectivity index (χ0) is 10.9. The molecule has 2 atom stereocenters. The average molecular weight is 226 g/mol. The third-order valence-corrected chi connectivity index (χ3v) is 3.56. The van der Waals surface area contributed by atoms with Crippen LogP contribution in [-0.2, 0) is 4.74 Å². The Labute approximate surface area is 97.5 Å². The van der Waals surface area contributed by atoms with Crippen molar-refractivity contribution in [2.24, 2.45) is 5.92 Å². The fourth-order valence-corrected chi connectivity index (χ4v) is 2.29. The van der Waals surface area contributed by atoms with E-state index in [9.17, 15) is 0 Å². The second-order valence-corrected chi connectivity index (χ2v) is 4.81. The zero-order valence-corrected chi connectivity index (χ0v) is 10.6. The lowest BCUT2D eigenvalue weighted by Gasteiger charge is -2.27. The van der Waals surface area contributed by atoms with Crippen LogP contribution in [-0.4, -0.2) is 12.7 Å². The van der Waals surface area contributed by atoms with E-state index in [1.54, 1.807) is 11.3 Å². The molecular formula is C13H22OS. The molecule has 2 unspecified atom stereocenters. The molecule has 1 aromatic rings. The maximum absolute atomic E-state index is 5.56. The van der Waals surface area contributed by atoms with Gasteiger partial charge in [-0.05, 0) is 35.9 Å². The van der Waals surface area contributed by atoms with Crippen LogP contribution < -0.4 is 0 Å². The predicted octanol–water partition coefficient (Wildman–Crippen LogP) is 4.35. The summed E-state index contributed by atoms with van der Waals surface area (Å²) in [7, 11) is 0. The fraction of sp³-hybridized carbons (Fsp3) is 0.692. The van der Waals surface area contributed by atoms with E-state index in [0.29, 0.717) is 6.10 Å². The van der Waals surface area contributed by atoms with Gasteiger partial charge >= 0.3 is 0 Å². The summed E-state index contributed by atoms with van der Waals surface area (Å²) in [5, 5.41) is 4.08. The molecule has 1 aliphatic heterocycles. The van der Waals surface area contributed by atoms with E-state index in [-0.39, 0.29) is 0 Å². The second-order valence-electron chi connectivity index (χ2n) is 3.99.